The first-order chi connectivity index (χ1) is 7.37. The van der Waals surface area contributed by atoms with Gasteiger partial charge in [0.25, 0.3) is 5.91 Å². The maximum atomic E-state index is 12.2. The Hall–Kier alpha value is -1.06. The number of hydrogen-bond acceptors (Lipinski definition) is 2. The summed E-state index contributed by atoms with van der Waals surface area (Å²) in [6.07, 6.45) is 1.61. The van der Waals surface area contributed by atoms with Crippen LogP contribution in [0.2, 0.25) is 0 Å². The maximum absolute atomic E-state index is 12.2. The van der Waals surface area contributed by atoms with E-state index in [4.69, 9.17) is 0 Å². The summed E-state index contributed by atoms with van der Waals surface area (Å²) in [5, 5.41) is 2.87. The van der Waals surface area contributed by atoms with E-state index in [1.165, 1.54) is 4.90 Å². The summed E-state index contributed by atoms with van der Waals surface area (Å²) < 4.78 is 0. The average Bonchev–Trinajstić information content (AvgIpc) is 2.34. The predicted octanol–water partition coefficient (Wildman–Crippen LogP) is 1.75. The van der Waals surface area contributed by atoms with Crippen molar-refractivity contribution in [3.8, 4) is 0 Å². The normalized spacial score (nSPS) is 33.9. The van der Waals surface area contributed by atoms with Crippen molar-refractivity contribution in [3.05, 3.63) is 0 Å². The molecule has 90 valence electrons. The van der Waals surface area contributed by atoms with Gasteiger partial charge in [0.05, 0.1) is 0 Å². The minimum absolute atomic E-state index is 0.0237. The zero-order chi connectivity index (χ0) is 12.1. The van der Waals surface area contributed by atoms with Gasteiger partial charge in [0.1, 0.15) is 5.54 Å². The lowest BCUT2D eigenvalue weighted by Crippen LogP contribution is -2.58. The van der Waals surface area contributed by atoms with Crippen LogP contribution in [0, 0.1) is 11.8 Å². The molecule has 2 aliphatic rings. The molecule has 1 spiro atoms. The number of hydrogen-bond donors (Lipinski definition) is 1. The fourth-order valence-electron chi connectivity index (χ4n) is 2.69. The van der Waals surface area contributed by atoms with Crippen LogP contribution in [0.3, 0.4) is 0 Å². The van der Waals surface area contributed by atoms with Crippen molar-refractivity contribution in [1.82, 2.24) is 10.2 Å². The number of urea groups is 1. The van der Waals surface area contributed by atoms with Gasteiger partial charge in [-0.15, -0.1) is 0 Å². The molecule has 0 aromatic carbocycles. The highest BCUT2D eigenvalue weighted by Crippen LogP contribution is 2.45. The van der Waals surface area contributed by atoms with E-state index in [0.29, 0.717) is 11.8 Å². The molecule has 0 unspecified atom stereocenters. The van der Waals surface area contributed by atoms with Crippen LogP contribution in [0.4, 0.5) is 4.79 Å². The fraction of sp³-hybridized carbons (Fsp3) is 0.833. The van der Waals surface area contributed by atoms with Crippen molar-refractivity contribution in [2.75, 3.05) is 0 Å². The molecule has 0 aromatic rings. The topological polar surface area (TPSA) is 49.4 Å². The third-order valence-corrected chi connectivity index (χ3v) is 3.87. The van der Waals surface area contributed by atoms with Gasteiger partial charge < -0.3 is 5.32 Å². The first-order valence-electron chi connectivity index (χ1n) is 6.03. The summed E-state index contributed by atoms with van der Waals surface area (Å²) in [6, 6.07) is -0.271. The van der Waals surface area contributed by atoms with E-state index >= 15 is 0 Å². The molecule has 1 saturated carbocycles. The standard InChI is InChI=1S/C12H20N2O2/c1-7(2)9-5-12(6-9)10(15)14(8(3)4)11(16)13-12/h7-9H,5-6H2,1-4H3,(H,13,16). The second-order valence-corrected chi connectivity index (χ2v) is 5.69. The van der Waals surface area contributed by atoms with E-state index < -0.39 is 5.54 Å². The second-order valence-electron chi connectivity index (χ2n) is 5.69. The first-order valence-corrected chi connectivity index (χ1v) is 6.03. The monoisotopic (exact) mass is 224 g/mol. The lowest BCUT2D eigenvalue weighted by atomic mass is 9.64. The Balaban J connectivity index is 2.11. The summed E-state index contributed by atoms with van der Waals surface area (Å²) in [5.41, 5.74) is -0.559. The molecule has 1 saturated heterocycles. The van der Waals surface area contributed by atoms with E-state index in [1.807, 2.05) is 13.8 Å². The molecule has 0 radical (unpaired) electrons. The Bertz CT molecular complexity index is 330. The minimum Gasteiger partial charge on any atom is -0.323 e. The van der Waals surface area contributed by atoms with Crippen LogP contribution in [-0.4, -0.2) is 28.4 Å². The second kappa shape index (κ2) is 3.47. The SMILES string of the molecule is CC(C)C1CC2(C1)NC(=O)N(C(C)C)C2=O. The summed E-state index contributed by atoms with van der Waals surface area (Å²) in [4.78, 5) is 25.2. The molecule has 1 aliphatic heterocycles. The van der Waals surface area contributed by atoms with Crippen LogP contribution < -0.4 is 5.32 Å². The molecule has 3 amide bonds. The molecule has 1 aliphatic carbocycles. The number of carbonyl (C=O) groups is 2. The molecule has 0 bridgehead atoms. The molecule has 0 aromatic heterocycles. The Morgan fingerprint density at radius 2 is 1.81 bits per heavy atom. The molecular formula is C12H20N2O2. The summed E-state index contributed by atoms with van der Waals surface area (Å²) in [7, 11) is 0. The number of nitrogens with one attached hydrogen (secondary N) is 1. The van der Waals surface area contributed by atoms with E-state index in [-0.39, 0.29) is 18.0 Å². The molecular weight excluding hydrogens is 204 g/mol. The molecule has 16 heavy (non-hydrogen) atoms. The Kier molecular flexibility index (Phi) is 2.48. The van der Waals surface area contributed by atoms with Gasteiger partial charge in [-0.2, -0.15) is 0 Å². The smallest absolute Gasteiger partial charge is 0.323 e. The van der Waals surface area contributed by atoms with E-state index in [9.17, 15) is 9.59 Å². The van der Waals surface area contributed by atoms with Crippen molar-refractivity contribution in [2.45, 2.75) is 52.1 Å². The molecule has 2 rings (SSSR count). The van der Waals surface area contributed by atoms with Crippen LogP contribution in [0.15, 0.2) is 0 Å². The highest BCUT2D eigenvalue weighted by atomic mass is 16.2. The van der Waals surface area contributed by atoms with Crippen LogP contribution in [0.25, 0.3) is 0 Å². The van der Waals surface area contributed by atoms with Gasteiger partial charge in [0, 0.05) is 6.04 Å². The molecule has 1 heterocycles. The summed E-state index contributed by atoms with van der Waals surface area (Å²) in [5.74, 6) is 1.13. The zero-order valence-electron chi connectivity index (χ0n) is 10.4. The number of nitrogens with zero attached hydrogens (tertiary/aromatic N) is 1. The Morgan fingerprint density at radius 3 is 2.19 bits per heavy atom. The van der Waals surface area contributed by atoms with Gasteiger partial charge in [-0.3, -0.25) is 9.69 Å². The minimum atomic E-state index is -0.559. The molecule has 0 atom stereocenters. The van der Waals surface area contributed by atoms with Crippen LogP contribution >= 0.6 is 0 Å². The van der Waals surface area contributed by atoms with Gasteiger partial charge in [-0.1, -0.05) is 13.8 Å². The Morgan fingerprint density at radius 1 is 1.25 bits per heavy atom. The lowest BCUT2D eigenvalue weighted by Gasteiger charge is -2.44. The Labute approximate surface area is 96.4 Å². The zero-order valence-corrected chi connectivity index (χ0v) is 10.4. The van der Waals surface area contributed by atoms with Gasteiger partial charge >= 0.3 is 6.03 Å². The van der Waals surface area contributed by atoms with Crippen LogP contribution in [-0.2, 0) is 4.79 Å². The largest absolute Gasteiger partial charge is 0.325 e. The number of carbonyl (C=O) groups excluding carboxylic acids is 2. The van der Waals surface area contributed by atoms with Crippen molar-refractivity contribution in [1.29, 1.82) is 0 Å². The molecule has 4 heteroatoms. The van der Waals surface area contributed by atoms with Gasteiger partial charge in [0.2, 0.25) is 0 Å². The van der Waals surface area contributed by atoms with Crippen LogP contribution in [0.1, 0.15) is 40.5 Å². The van der Waals surface area contributed by atoms with Crippen LogP contribution in [0.5, 0.6) is 0 Å². The van der Waals surface area contributed by atoms with Crippen molar-refractivity contribution >= 4 is 11.9 Å². The fourth-order valence-corrected chi connectivity index (χ4v) is 2.69. The van der Waals surface area contributed by atoms with Crippen molar-refractivity contribution < 1.29 is 9.59 Å². The van der Waals surface area contributed by atoms with E-state index in [2.05, 4.69) is 19.2 Å². The third-order valence-electron chi connectivity index (χ3n) is 3.87. The quantitative estimate of drug-likeness (QED) is 0.726. The van der Waals surface area contributed by atoms with E-state index in [0.717, 1.165) is 12.8 Å². The van der Waals surface area contributed by atoms with Crippen molar-refractivity contribution in [3.63, 3.8) is 0 Å². The van der Waals surface area contributed by atoms with Gasteiger partial charge in [-0.25, -0.2) is 4.79 Å². The third kappa shape index (κ3) is 1.43. The number of rotatable bonds is 2. The molecule has 2 fully saturated rings. The first kappa shape index (κ1) is 11.4. The van der Waals surface area contributed by atoms with E-state index in [1.54, 1.807) is 0 Å². The highest BCUT2D eigenvalue weighted by molar-refractivity contribution is 6.07. The number of imide groups is 1. The number of amides is 3. The average molecular weight is 224 g/mol. The maximum Gasteiger partial charge on any atom is 0.325 e. The van der Waals surface area contributed by atoms with Gasteiger partial charge in [-0.05, 0) is 38.5 Å². The molecule has 4 nitrogen and oxygen atoms in total. The summed E-state index contributed by atoms with van der Waals surface area (Å²) >= 11 is 0. The highest BCUT2D eigenvalue weighted by Gasteiger charge is 2.59. The lowest BCUT2D eigenvalue weighted by molar-refractivity contribution is -0.137. The van der Waals surface area contributed by atoms with Crippen molar-refractivity contribution in [2.24, 2.45) is 11.8 Å². The predicted molar refractivity (Wildman–Crippen MR) is 60.8 cm³/mol. The van der Waals surface area contributed by atoms with Gasteiger partial charge in [0.15, 0.2) is 0 Å². The molecule has 1 N–H and O–H groups in total. The summed E-state index contributed by atoms with van der Waals surface area (Å²) in [6.45, 7) is 8.07.